The zero-order valence-electron chi connectivity index (χ0n) is 38.6. The van der Waals surface area contributed by atoms with E-state index in [1.54, 1.807) is 0 Å². The molecule has 0 saturated carbocycles. The Morgan fingerprint density at radius 1 is 0.569 bits per heavy atom. The molecule has 0 aliphatic rings. The first-order chi connectivity index (χ1) is 27.1. The Kier molecular flexibility index (Phi) is 30.1. The molecule has 0 saturated heterocycles. The van der Waals surface area contributed by atoms with Gasteiger partial charge in [-0.25, -0.2) is 4.57 Å². The SMILES string of the molecule is CC(C)CCCC(C)CCCC(C)CCCC(C)CC(=O)C(OP(=O)(O)OC[C@H](N)C(=O)O)(C(=O)CC(C)CCCC(C)CCCC(C)CCCC(C)C)[C@@H](O)CO. The van der Waals surface area contributed by atoms with Gasteiger partial charge in [0.05, 0.1) is 13.2 Å². The lowest BCUT2D eigenvalue weighted by Crippen LogP contribution is -2.59. The van der Waals surface area contributed by atoms with Crippen LogP contribution in [0.5, 0.6) is 0 Å². The molecule has 0 bridgehead atoms. The van der Waals surface area contributed by atoms with E-state index in [0.717, 1.165) is 62.2 Å². The third kappa shape index (κ3) is 25.5. The first-order valence-electron chi connectivity index (χ1n) is 23.1. The van der Waals surface area contributed by atoms with Crippen LogP contribution in [0.25, 0.3) is 0 Å². The van der Waals surface area contributed by atoms with Crippen LogP contribution < -0.4 is 5.73 Å². The second-order valence-corrected chi connectivity index (χ2v) is 20.9. The van der Waals surface area contributed by atoms with Crippen molar-refractivity contribution in [2.45, 2.75) is 215 Å². The van der Waals surface area contributed by atoms with Gasteiger partial charge in [0.25, 0.3) is 0 Å². The van der Waals surface area contributed by atoms with E-state index >= 15 is 0 Å². The van der Waals surface area contributed by atoms with E-state index in [1.165, 1.54) is 64.2 Å². The number of aliphatic hydroxyl groups excluding tert-OH is 2. The average Bonchev–Trinajstić information content (AvgIpc) is 3.11. The molecular formula is C46H90NO10P. The third-order valence-corrected chi connectivity index (χ3v) is 13.1. The fourth-order valence-electron chi connectivity index (χ4n) is 8.00. The van der Waals surface area contributed by atoms with Gasteiger partial charge in [0.15, 0.2) is 11.6 Å². The largest absolute Gasteiger partial charge is 0.480 e. The number of aliphatic hydroxyl groups is 2. The van der Waals surface area contributed by atoms with Gasteiger partial charge in [-0.15, -0.1) is 0 Å². The minimum atomic E-state index is -5.35. The molecule has 0 rings (SSSR count). The molecule has 344 valence electrons. The molecule has 0 fully saturated rings. The minimum absolute atomic E-state index is 0.248. The number of phosphoric ester groups is 1. The molecule has 0 amide bonds. The predicted octanol–water partition coefficient (Wildman–Crippen LogP) is 10.7. The highest BCUT2D eigenvalue weighted by Gasteiger charge is 2.56. The Labute approximate surface area is 354 Å². The van der Waals surface area contributed by atoms with E-state index in [-0.39, 0.29) is 24.7 Å². The lowest BCUT2D eigenvalue weighted by molar-refractivity contribution is -0.166. The summed E-state index contributed by atoms with van der Waals surface area (Å²) in [5, 5.41) is 30.4. The Hall–Kier alpha value is -1.20. The van der Waals surface area contributed by atoms with Crippen LogP contribution in [0.1, 0.15) is 198 Å². The zero-order valence-corrected chi connectivity index (χ0v) is 39.5. The van der Waals surface area contributed by atoms with Crippen molar-refractivity contribution in [2.24, 2.45) is 53.1 Å². The summed E-state index contributed by atoms with van der Waals surface area (Å²) in [5.41, 5.74) is 2.56. The van der Waals surface area contributed by atoms with E-state index < -0.39 is 56.3 Å². The molecule has 6 N–H and O–H groups in total. The molecule has 0 aromatic rings. The summed E-state index contributed by atoms with van der Waals surface area (Å²) in [4.78, 5) is 50.2. The van der Waals surface area contributed by atoms with Crippen LogP contribution in [0, 0.1) is 47.3 Å². The second kappa shape index (κ2) is 30.8. The van der Waals surface area contributed by atoms with Gasteiger partial charge in [-0.05, 0) is 47.3 Å². The van der Waals surface area contributed by atoms with Gasteiger partial charge in [0.2, 0.25) is 5.60 Å². The van der Waals surface area contributed by atoms with Crippen LogP contribution in [0.4, 0.5) is 0 Å². The highest BCUT2D eigenvalue weighted by molar-refractivity contribution is 7.47. The van der Waals surface area contributed by atoms with Crippen molar-refractivity contribution < 1.29 is 48.2 Å². The van der Waals surface area contributed by atoms with Crippen molar-refractivity contribution in [3.8, 4) is 0 Å². The van der Waals surface area contributed by atoms with E-state index in [9.17, 15) is 34.1 Å². The molecule has 0 aliphatic carbocycles. The fraction of sp³-hybridized carbons (Fsp3) is 0.935. The predicted molar refractivity (Wildman–Crippen MR) is 235 cm³/mol. The molecule has 0 heterocycles. The molecule has 0 radical (unpaired) electrons. The van der Waals surface area contributed by atoms with E-state index in [1.807, 2.05) is 13.8 Å². The van der Waals surface area contributed by atoms with Crippen LogP contribution in [0.2, 0.25) is 0 Å². The average molecular weight is 848 g/mol. The number of aliphatic carboxylic acids is 1. The number of hydrogen-bond acceptors (Lipinski definition) is 9. The number of phosphoric acid groups is 1. The van der Waals surface area contributed by atoms with Crippen LogP contribution in [0.15, 0.2) is 0 Å². The van der Waals surface area contributed by atoms with Gasteiger partial charge < -0.3 is 25.9 Å². The van der Waals surface area contributed by atoms with Gasteiger partial charge in [0, 0.05) is 12.8 Å². The van der Waals surface area contributed by atoms with Crippen molar-refractivity contribution in [1.29, 1.82) is 0 Å². The summed E-state index contributed by atoms with van der Waals surface area (Å²) < 4.78 is 23.4. The Balaban J connectivity index is 5.58. The highest BCUT2D eigenvalue weighted by Crippen LogP contribution is 2.50. The summed E-state index contributed by atoms with van der Waals surface area (Å²) in [5.74, 6) is 0.0673. The number of carbonyl (C=O) groups excluding carboxylic acids is 2. The Morgan fingerprint density at radius 2 is 0.862 bits per heavy atom. The Bertz CT molecular complexity index is 1110. The van der Waals surface area contributed by atoms with Gasteiger partial charge in [0.1, 0.15) is 12.1 Å². The number of ketones is 2. The van der Waals surface area contributed by atoms with Gasteiger partial charge in [-0.2, -0.15) is 0 Å². The van der Waals surface area contributed by atoms with Crippen LogP contribution in [-0.2, 0) is 28.0 Å². The van der Waals surface area contributed by atoms with Crippen molar-refractivity contribution >= 4 is 25.4 Å². The summed E-state index contributed by atoms with van der Waals surface area (Å²) in [7, 11) is -5.35. The maximum absolute atomic E-state index is 14.2. The molecule has 7 unspecified atom stereocenters. The smallest absolute Gasteiger partial charge is 0.473 e. The van der Waals surface area contributed by atoms with Gasteiger partial charge in [-0.3, -0.25) is 23.4 Å². The monoisotopic (exact) mass is 848 g/mol. The molecule has 0 aliphatic heterocycles. The molecule has 11 nitrogen and oxygen atoms in total. The number of carboxylic acids is 1. The highest BCUT2D eigenvalue weighted by atomic mass is 31.2. The molecule has 9 atom stereocenters. The summed E-state index contributed by atoms with van der Waals surface area (Å²) in [6.07, 6.45) is 16.9. The first-order valence-corrected chi connectivity index (χ1v) is 24.6. The Morgan fingerprint density at radius 3 is 1.14 bits per heavy atom. The quantitative estimate of drug-likeness (QED) is 0.0293. The van der Waals surface area contributed by atoms with E-state index in [4.69, 9.17) is 19.9 Å². The van der Waals surface area contributed by atoms with Gasteiger partial charge in [-0.1, -0.05) is 185 Å². The van der Waals surface area contributed by atoms with Crippen molar-refractivity contribution in [3.05, 3.63) is 0 Å². The number of Topliss-reactive ketones (excluding diaryl/α,β-unsaturated/α-hetero) is 2. The lowest BCUT2D eigenvalue weighted by atomic mass is 9.79. The zero-order chi connectivity index (χ0) is 44.5. The second-order valence-electron chi connectivity index (χ2n) is 19.5. The van der Waals surface area contributed by atoms with E-state index in [2.05, 4.69) is 55.4 Å². The number of rotatable bonds is 38. The normalized spacial score (nSPS) is 18.5. The molecule has 0 aromatic heterocycles. The number of carboxylic acid groups (broad SMARTS) is 1. The minimum Gasteiger partial charge on any atom is -0.480 e. The maximum Gasteiger partial charge on any atom is 0.473 e. The standard InChI is InChI=1S/C46H90NO10P/c1-33(2)17-11-19-35(5)21-13-23-37(7)25-15-27-39(9)29-42(49)46(44(51)31-48,57-58(54,55)56-32-41(47)45(52)53)43(50)30-40(10)28-16-26-38(8)24-14-22-36(6)20-12-18-34(3)4/h33-41,44,48,51H,11-32,47H2,1-10H3,(H,52,53)(H,54,55)/t35?,36?,37?,38?,39?,40?,41-,44-,46?/m0/s1. The summed E-state index contributed by atoms with van der Waals surface area (Å²) in [6, 6.07) is -1.69. The number of hydrogen-bond donors (Lipinski definition) is 5. The maximum atomic E-state index is 14.2. The van der Waals surface area contributed by atoms with E-state index in [0.29, 0.717) is 24.7 Å². The van der Waals surface area contributed by atoms with Crippen LogP contribution in [0.3, 0.4) is 0 Å². The van der Waals surface area contributed by atoms with Crippen LogP contribution in [-0.4, -0.2) is 68.7 Å². The molecule has 12 heteroatoms. The van der Waals surface area contributed by atoms with Crippen molar-refractivity contribution in [1.82, 2.24) is 0 Å². The fourth-order valence-corrected chi connectivity index (χ4v) is 9.09. The summed E-state index contributed by atoms with van der Waals surface area (Å²) >= 11 is 0. The molecule has 0 aromatic carbocycles. The molecule has 0 spiro atoms. The molecular weight excluding hydrogens is 757 g/mol. The number of nitrogens with two attached hydrogens (primary N) is 1. The third-order valence-electron chi connectivity index (χ3n) is 12.1. The van der Waals surface area contributed by atoms with Crippen LogP contribution >= 0.6 is 7.82 Å². The van der Waals surface area contributed by atoms with Crippen molar-refractivity contribution in [2.75, 3.05) is 13.2 Å². The lowest BCUT2D eigenvalue weighted by Gasteiger charge is -2.36. The van der Waals surface area contributed by atoms with Crippen molar-refractivity contribution in [3.63, 3.8) is 0 Å². The molecule has 58 heavy (non-hydrogen) atoms. The summed E-state index contributed by atoms with van der Waals surface area (Å²) in [6.45, 7) is 19.8. The topological polar surface area (TPSA) is 194 Å². The van der Waals surface area contributed by atoms with Gasteiger partial charge >= 0.3 is 13.8 Å². The first kappa shape index (κ1) is 56.8. The number of carbonyl (C=O) groups is 3.